The lowest BCUT2D eigenvalue weighted by Gasteiger charge is -2.20. The van der Waals surface area contributed by atoms with Gasteiger partial charge in [-0.25, -0.2) is 4.98 Å². The average molecular weight is 238 g/mol. The molecular formula is C11H18N4S. The van der Waals surface area contributed by atoms with Gasteiger partial charge in [-0.15, -0.1) is 0 Å². The summed E-state index contributed by atoms with van der Waals surface area (Å²) in [5.41, 5.74) is 5.73. The molecule has 0 bridgehead atoms. The van der Waals surface area contributed by atoms with Crippen molar-refractivity contribution in [2.45, 2.75) is 44.3 Å². The molecule has 0 aliphatic carbocycles. The van der Waals surface area contributed by atoms with E-state index in [9.17, 15) is 0 Å². The summed E-state index contributed by atoms with van der Waals surface area (Å²) >= 11 is 1.94. The summed E-state index contributed by atoms with van der Waals surface area (Å²) in [5, 5.41) is 0.413. The maximum absolute atomic E-state index is 5.73. The van der Waals surface area contributed by atoms with Crippen LogP contribution in [-0.4, -0.2) is 20.7 Å². The fourth-order valence-corrected chi connectivity index (χ4v) is 3.02. The molecular weight excluding hydrogens is 220 g/mol. The highest BCUT2D eigenvalue weighted by atomic mass is 32.2. The highest BCUT2D eigenvalue weighted by Gasteiger charge is 2.20. The van der Waals surface area contributed by atoms with Crippen molar-refractivity contribution in [3.05, 3.63) is 11.6 Å². The molecule has 1 aliphatic heterocycles. The standard InChI is InChI=1S/C11H18N4S/c1-7(2)9-13-10(15-11(12)14-9)8-5-3-4-6-16-8/h7-8H,3-6H2,1-2H3,(H2,12,13,14,15). The number of thioether (sulfide) groups is 1. The molecule has 0 saturated carbocycles. The summed E-state index contributed by atoms with van der Waals surface area (Å²) in [6.07, 6.45) is 3.73. The summed E-state index contributed by atoms with van der Waals surface area (Å²) in [4.78, 5) is 13.0. The minimum Gasteiger partial charge on any atom is -0.368 e. The molecule has 2 N–H and O–H groups in total. The number of aromatic nitrogens is 3. The van der Waals surface area contributed by atoms with Gasteiger partial charge in [0, 0.05) is 5.92 Å². The Labute approximate surface area is 100 Å². The Balaban J connectivity index is 2.25. The molecule has 0 spiro atoms. The van der Waals surface area contributed by atoms with E-state index in [-0.39, 0.29) is 0 Å². The molecule has 0 aromatic carbocycles. The quantitative estimate of drug-likeness (QED) is 0.857. The Morgan fingerprint density at radius 3 is 2.69 bits per heavy atom. The maximum atomic E-state index is 5.73. The molecule has 1 unspecified atom stereocenters. The van der Waals surface area contributed by atoms with Crippen LogP contribution in [0, 0.1) is 0 Å². The number of hydrogen-bond donors (Lipinski definition) is 1. The van der Waals surface area contributed by atoms with Crippen LogP contribution in [-0.2, 0) is 0 Å². The van der Waals surface area contributed by atoms with Crippen molar-refractivity contribution in [2.75, 3.05) is 11.5 Å². The number of rotatable bonds is 2. The van der Waals surface area contributed by atoms with Crippen LogP contribution in [0.15, 0.2) is 0 Å². The zero-order valence-electron chi connectivity index (χ0n) is 9.81. The third-order valence-electron chi connectivity index (χ3n) is 2.67. The van der Waals surface area contributed by atoms with Gasteiger partial charge in [0.2, 0.25) is 5.95 Å². The van der Waals surface area contributed by atoms with Crippen LogP contribution in [0.2, 0.25) is 0 Å². The van der Waals surface area contributed by atoms with Crippen LogP contribution >= 0.6 is 11.8 Å². The monoisotopic (exact) mass is 238 g/mol. The topological polar surface area (TPSA) is 64.7 Å². The number of hydrogen-bond acceptors (Lipinski definition) is 5. The van der Waals surface area contributed by atoms with Crippen LogP contribution < -0.4 is 5.73 Å². The van der Waals surface area contributed by atoms with Crippen molar-refractivity contribution in [1.82, 2.24) is 15.0 Å². The third kappa shape index (κ3) is 2.64. The number of nitrogens with zero attached hydrogens (tertiary/aromatic N) is 3. The van der Waals surface area contributed by atoms with E-state index in [1.54, 1.807) is 0 Å². The van der Waals surface area contributed by atoms with Crippen LogP contribution in [0.4, 0.5) is 5.95 Å². The van der Waals surface area contributed by atoms with Crippen LogP contribution in [0.5, 0.6) is 0 Å². The summed E-state index contributed by atoms with van der Waals surface area (Å²) in [6.45, 7) is 4.15. The zero-order valence-corrected chi connectivity index (χ0v) is 10.6. The van der Waals surface area contributed by atoms with Gasteiger partial charge in [0.05, 0.1) is 5.25 Å². The van der Waals surface area contributed by atoms with Crippen LogP contribution in [0.1, 0.15) is 55.9 Å². The lowest BCUT2D eigenvalue weighted by molar-refractivity contribution is 0.646. The first-order chi connectivity index (χ1) is 7.66. The second-order valence-electron chi connectivity index (χ2n) is 4.42. The van der Waals surface area contributed by atoms with Crippen molar-refractivity contribution in [2.24, 2.45) is 0 Å². The fourth-order valence-electron chi connectivity index (χ4n) is 1.77. The minimum atomic E-state index is 0.303. The molecule has 5 heteroatoms. The molecule has 88 valence electrons. The van der Waals surface area contributed by atoms with Gasteiger partial charge in [-0.1, -0.05) is 20.3 Å². The maximum Gasteiger partial charge on any atom is 0.223 e. The van der Waals surface area contributed by atoms with Gasteiger partial charge < -0.3 is 5.73 Å². The molecule has 1 aromatic rings. The van der Waals surface area contributed by atoms with E-state index in [4.69, 9.17) is 5.73 Å². The van der Waals surface area contributed by atoms with E-state index in [1.165, 1.54) is 18.6 Å². The van der Waals surface area contributed by atoms with Crippen LogP contribution in [0.3, 0.4) is 0 Å². The summed E-state index contributed by atoms with van der Waals surface area (Å²) < 4.78 is 0. The highest BCUT2D eigenvalue weighted by molar-refractivity contribution is 7.99. The normalized spacial score (nSPS) is 21.3. The van der Waals surface area contributed by atoms with Crippen molar-refractivity contribution in [3.63, 3.8) is 0 Å². The SMILES string of the molecule is CC(C)c1nc(N)nc(C2CCCCS2)n1. The van der Waals surface area contributed by atoms with E-state index in [0.29, 0.717) is 17.1 Å². The number of anilines is 1. The molecule has 1 atom stereocenters. The van der Waals surface area contributed by atoms with Gasteiger partial charge in [-0.05, 0) is 18.6 Å². The summed E-state index contributed by atoms with van der Waals surface area (Å²) in [6, 6.07) is 0. The predicted molar refractivity (Wildman–Crippen MR) is 67.4 cm³/mol. The van der Waals surface area contributed by atoms with Gasteiger partial charge >= 0.3 is 0 Å². The summed E-state index contributed by atoms with van der Waals surface area (Å²) in [5.74, 6) is 3.56. The predicted octanol–water partition coefficient (Wildman–Crippen LogP) is 2.54. The third-order valence-corrected chi connectivity index (χ3v) is 4.04. The van der Waals surface area contributed by atoms with Crippen molar-refractivity contribution < 1.29 is 0 Å². The Morgan fingerprint density at radius 2 is 2.06 bits per heavy atom. The number of nitrogen functional groups attached to an aromatic ring is 1. The lowest BCUT2D eigenvalue weighted by atomic mass is 10.1. The lowest BCUT2D eigenvalue weighted by Crippen LogP contribution is -2.12. The van der Waals surface area contributed by atoms with E-state index in [0.717, 1.165) is 18.1 Å². The average Bonchev–Trinajstić information content (AvgIpc) is 2.29. The van der Waals surface area contributed by atoms with E-state index in [1.807, 2.05) is 11.8 Å². The Kier molecular flexibility index (Phi) is 3.63. The molecule has 2 heterocycles. The molecule has 16 heavy (non-hydrogen) atoms. The molecule has 1 fully saturated rings. The first-order valence-electron chi connectivity index (χ1n) is 5.79. The van der Waals surface area contributed by atoms with Gasteiger partial charge in [0.1, 0.15) is 11.6 Å². The second-order valence-corrected chi connectivity index (χ2v) is 5.73. The molecule has 1 aliphatic rings. The van der Waals surface area contributed by atoms with E-state index in [2.05, 4.69) is 28.8 Å². The first kappa shape index (κ1) is 11.6. The van der Waals surface area contributed by atoms with E-state index >= 15 is 0 Å². The fraction of sp³-hybridized carbons (Fsp3) is 0.727. The molecule has 4 nitrogen and oxygen atoms in total. The van der Waals surface area contributed by atoms with E-state index < -0.39 is 0 Å². The van der Waals surface area contributed by atoms with Crippen molar-refractivity contribution >= 4 is 17.7 Å². The highest BCUT2D eigenvalue weighted by Crippen LogP contribution is 2.36. The Morgan fingerprint density at radius 1 is 1.25 bits per heavy atom. The molecule has 1 saturated heterocycles. The molecule has 1 aromatic heterocycles. The Hall–Kier alpha value is -0.840. The van der Waals surface area contributed by atoms with Crippen LogP contribution in [0.25, 0.3) is 0 Å². The molecule has 0 radical (unpaired) electrons. The number of nitrogens with two attached hydrogens (primary N) is 1. The smallest absolute Gasteiger partial charge is 0.223 e. The summed E-state index contributed by atoms with van der Waals surface area (Å²) in [7, 11) is 0. The van der Waals surface area contributed by atoms with Gasteiger partial charge in [-0.3, -0.25) is 0 Å². The van der Waals surface area contributed by atoms with Gasteiger partial charge in [0.15, 0.2) is 0 Å². The molecule has 2 rings (SSSR count). The van der Waals surface area contributed by atoms with Crippen molar-refractivity contribution in [3.8, 4) is 0 Å². The minimum absolute atomic E-state index is 0.303. The van der Waals surface area contributed by atoms with Crippen molar-refractivity contribution in [1.29, 1.82) is 0 Å². The largest absolute Gasteiger partial charge is 0.368 e. The van der Waals surface area contributed by atoms with Gasteiger partial charge in [0.25, 0.3) is 0 Å². The Bertz CT molecular complexity index is 361. The molecule has 0 amide bonds. The van der Waals surface area contributed by atoms with Gasteiger partial charge in [-0.2, -0.15) is 21.7 Å². The zero-order chi connectivity index (χ0) is 11.5. The second kappa shape index (κ2) is 4.99. The first-order valence-corrected chi connectivity index (χ1v) is 6.84.